The fourth-order valence-electron chi connectivity index (χ4n) is 5.94. The molecule has 0 bridgehead atoms. The van der Waals surface area contributed by atoms with Gasteiger partial charge in [0.1, 0.15) is 17.1 Å². The maximum atomic E-state index is 13.8. The van der Waals surface area contributed by atoms with Crippen molar-refractivity contribution in [1.29, 1.82) is 0 Å². The van der Waals surface area contributed by atoms with Gasteiger partial charge in [-0.1, -0.05) is 121 Å². The number of nitrogens with one attached hydrogen (secondary N) is 1. The van der Waals surface area contributed by atoms with E-state index in [1.54, 1.807) is 0 Å². The number of fused-ring (bicyclic) bond motifs is 1. The van der Waals surface area contributed by atoms with Crippen LogP contribution in [0.1, 0.15) is 53.7 Å². The number of thioether (sulfide) groups is 1. The van der Waals surface area contributed by atoms with Crippen LogP contribution in [0.2, 0.25) is 0 Å². The SMILES string of the molecule is O=C(CCCC(=O)OC(c1ccccc1)c1ccccc1)N[C@@H]1C(=O)N2C(C(=O)OC(c3ccccc3)c3ccccc3)=C(CCl)CS[C@@H]12. The number of carbonyl (C=O) groups excluding carboxylic acids is 4. The molecule has 1 N–H and O–H groups in total. The molecule has 2 heterocycles. The number of carbonyl (C=O) groups is 4. The standard InChI is InChI=1S/C39H35ClN2O6S/c40-24-30-25-49-38-33(37(45)42(38)34(30)39(46)48-36(28-18-9-3-10-19-28)29-20-11-4-12-21-29)41-31(43)22-13-23-32(44)47-35(26-14-5-1-6-15-26)27-16-7-2-8-17-27/h1-12,14-21,33,35-36,38H,13,22-25H2,(H,41,43)/t33-,38+/m1/s1. The molecule has 10 heteroatoms. The Hall–Kier alpha value is -4.86. The molecule has 2 amide bonds. The van der Waals surface area contributed by atoms with E-state index < -0.39 is 41.5 Å². The number of ether oxygens (including phenoxy) is 2. The Morgan fingerprint density at radius 2 is 1.20 bits per heavy atom. The van der Waals surface area contributed by atoms with Gasteiger partial charge in [0.05, 0.1) is 0 Å². The molecule has 0 unspecified atom stereocenters. The molecule has 4 aromatic carbocycles. The topological polar surface area (TPSA) is 102 Å². The summed E-state index contributed by atoms with van der Waals surface area (Å²) in [6.07, 6.45) is -0.939. The Kier molecular flexibility index (Phi) is 11.1. The predicted octanol–water partition coefficient (Wildman–Crippen LogP) is 6.72. The average Bonchev–Trinajstić information content (AvgIpc) is 3.15. The van der Waals surface area contributed by atoms with E-state index in [0.717, 1.165) is 22.3 Å². The zero-order valence-electron chi connectivity index (χ0n) is 26.6. The Labute approximate surface area is 294 Å². The number of alkyl halides is 1. The van der Waals surface area contributed by atoms with E-state index in [1.807, 2.05) is 121 Å². The van der Waals surface area contributed by atoms with Crippen LogP contribution in [0.3, 0.4) is 0 Å². The van der Waals surface area contributed by atoms with Gasteiger partial charge in [-0.3, -0.25) is 19.3 Å². The number of β-lactam (4-membered cyclic amide) rings is 1. The number of benzene rings is 4. The van der Waals surface area contributed by atoms with Gasteiger partial charge in [-0.05, 0) is 34.2 Å². The number of rotatable bonds is 13. The molecule has 2 aliphatic heterocycles. The van der Waals surface area contributed by atoms with Crippen molar-refractivity contribution in [1.82, 2.24) is 10.2 Å². The van der Waals surface area contributed by atoms with Crippen LogP contribution in [0.25, 0.3) is 0 Å². The van der Waals surface area contributed by atoms with Gasteiger partial charge in [-0.15, -0.1) is 23.4 Å². The summed E-state index contributed by atoms with van der Waals surface area (Å²) >= 11 is 7.68. The highest BCUT2D eigenvalue weighted by atomic mass is 35.5. The zero-order chi connectivity index (χ0) is 34.2. The van der Waals surface area contributed by atoms with Crippen LogP contribution in [0, 0.1) is 0 Å². The van der Waals surface area contributed by atoms with Crippen molar-refractivity contribution < 1.29 is 28.7 Å². The number of esters is 2. The van der Waals surface area contributed by atoms with Gasteiger partial charge in [0, 0.05) is 24.5 Å². The molecule has 2 aliphatic rings. The lowest BCUT2D eigenvalue weighted by atomic mass is 10.0. The second-order valence-electron chi connectivity index (χ2n) is 11.7. The van der Waals surface area contributed by atoms with Crippen LogP contribution in [-0.2, 0) is 28.7 Å². The van der Waals surface area contributed by atoms with E-state index >= 15 is 0 Å². The van der Waals surface area contributed by atoms with Crippen LogP contribution in [0.15, 0.2) is 133 Å². The molecule has 2 atom stereocenters. The first-order valence-corrected chi connectivity index (χ1v) is 17.6. The van der Waals surface area contributed by atoms with E-state index in [2.05, 4.69) is 5.32 Å². The van der Waals surface area contributed by atoms with Crippen LogP contribution in [-0.4, -0.2) is 51.7 Å². The summed E-state index contributed by atoms with van der Waals surface area (Å²) in [4.78, 5) is 54.4. The molecule has 49 heavy (non-hydrogen) atoms. The lowest BCUT2D eigenvalue weighted by molar-refractivity contribution is -0.154. The Bertz CT molecular complexity index is 1730. The van der Waals surface area contributed by atoms with Gasteiger partial charge in [0.2, 0.25) is 5.91 Å². The van der Waals surface area contributed by atoms with Crippen molar-refractivity contribution in [3.63, 3.8) is 0 Å². The summed E-state index contributed by atoms with van der Waals surface area (Å²) in [5.41, 5.74) is 3.99. The summed E-state index contributed by atoms with van der Waals surface area (Å²) in [5.74, 6) is -1.39. The van der Waals surface area contributed by atoms with E-state index in [9.17, 15) is 19.2 Å². The lowest BCUT2D eigenvalue weighted by Crippen LogP contribution is -2.70. The van der Waals surface area contributed by atoms with Crippen molar-refractivity contribution in [3.8, 4) is 0 Å². The second-order valence-corrected chi connectivity index (χ2v) is 13.1. The fraction of sp³-hybridized carbons (Fsp3) is 0.231. The summed E-state index contributed by atoms with van der Waals surface area (Å²) in [7, 11) is 0. The van der Waals surface area contributed by atoms with Crippen LogP contribution in [0.5, 0.6) is 0 Å². The maximum absolute atomic E-state index is 13.8. The zero-order valence-corrected chi connectivity index (χ0v) is 28.1. The van der Waals surface area contributed by atoms with Gasteiger partial charge in [0.25, 0.3) is 5.91 Å². The molecular weight excluding hydrogens is 660 g/mol. The molecule has 1 fully saturated rings. The summed E-state index contributed by atoms with van der Waals surface area (Å²) in [5, 5.41) is 2.32. The van der Waals surface area contributed by atoms with Crippen molar-refractivity contribution in [2.45, 2.75) is 42.9 Å². The highest BCUT2D eigenvalue weighted by Gasteiger charge is 2.54. The van der Waals surface area contributed by atoms with Crippen LogP contribution < -0.4 is 5.32 Å². The minimum absolute atomic E-state index is 0.0328. The second kappa shape index (κ2) is 16.0. The Morgan fingerprint density at radius 1 is 0.735 bits per heavy atom. The molecule has 4 aromatic rings. The molecule has 0 aromatic heterocycles. The van der Waals surface area contributed by atoms with Gasteiger partial charge in [-0.25, -0.2) is 4.79 Å². The van der Waals surface area contributed by atoms with Crippen LogP contribution in [0.4, 0.5) is 0 Å². The number of halogens is 1. The van der Waals surface area contributed by atoms with E-state index in [4.69, 9.17) is 21.1 Å². The lowest BCUT2D eigenvalue weighted by Gasteiger charge is -2.49. The van der Waals surface area contributed by atoms with Gasteiger partial charge in [-0.2, -0.15) is 0 Å². The molecule has 0 radical (unpaired) electrons. The molecule has 250 valence electrons. The molecular formula is C39H35ClN2O6S. The predicted molar refractivity (Wildman–Crippen MR) is 188 cm³/mol. The number of hydrogen-bond donors (Lipinski definition) is 1. The van der Waals surface area contributed by atoms with E-state index in [-0.39, 0.29) is 36.7 Å². The number of hydrogen-bond acceptors (Lipinski definition) is 7. The quantitative estimate of drug-likeness (QED) is 0.0943. The Balaban J connectivity index is 1.05. The fourth-order valence-corrected chi connectivity index (χ4v) is 7.61. The highest BCUT2D eigenvalue weighted by molar-refractivity contribution is 8.00. The molecule has 0 saturated carbocycles. The monoisotopic (exact) mass is 694 g/mol. The van der Waals surface area contributed by atoms with Crippen molar-refractivity contribution in [2.24, 2.45) is 0 Å². The van der Waals surface area contributed by atoms with Crippen molar-refractivity contribution >= 4 is 47.1 Å². The smallest absolute Gasteiger partial charge is 0.356 e. The first-order valence-electron chi connectivity index (χ1n) is 16.1. The summed E-state index contributed by atoms with van der Waals surface area (Å²) < 4.78 is 11.9. The Morgan fingerprint density at radius 3 is 1.67 bits per heavy atom. The molecule has 0 spiro atoms. The number of nitrogens with zero attached hydrogens (tertiary/aromatic N) is 1. The van der Waals surface area contributed by atoms with Gasteiger partial charge < -0.3 is 14.8 Å². The minimum atomic E-state index is -0.816. The van der Waals surface area contributed by atoms with Crippen molar-refractivity contribution in [2.75, 3.05) is 11.6 Å². The third kappa shape index (κ3) is 7.90. The maximum Gasteiger partial charge on any atom is 0.356 e. The third-order valence-corrected chi connectivity index (χ3v) is 10.0. The molecule has 8 nitrogen and oxygen atoms in total. The summed E-state index contributed by atoms with van der Waals surface area (Å²) in [6, 6.07) is 36.9. The average molecular weight is 695 g/mol. The van der Waals surface area contributed by atoms with E-state index in [0.29, 0.717) is 11.3 Å². The molecule has 0 aliphatic carbocycles. The summed E-state index contributed by atoms with van der Waals surface area (Å²) in [6.45, 7) is 0. The van der Waals surface area contributed by atoms with Gasteiger partial charge >= 0.3 is 11.9 Å². The van der Waals surface area contributed by atoms with Crippen molar-refractivity contribution in [3.05, 3.63) is 155 Å². The number of amides is 2. The minimum Gasteiger partial charge on any atom is -0.453 e. The van der Waals surface area contributed by atoms with Crippen LogP contribution >= 0.6 is 23.4 Å². The highest BCUT2D eigenvalue weighted by Crippen LogP contribution is 2.42. The molecule has 1 saturated heterocycles. The first-order chi connectivity index (χ1) is 23.9. The van der Waals surface area contributed by atoms with Gasteiger partial charge in [0.15, 0.2) is 12.2 Å². The third-order valence-electron chi connectivity index (χ3n) is 8.39. The molecule has 6 rings (SSSR count). The first kappa shape index (κ1) is 34.0. The van der Waals surface area contributed by atoms with E-state index in [1.165, 1.54) is 16.7 Å². The normalized spacial score (nSPS) is 17.0. The largest absolute Gasteiger partial charge is 0.453 e.